The average molecular weight is 211 g/mol. The van der Waals surface area contributed by atoms with E-state index in [0.29, 0.717) is 0 Å². The lowest BCUT2D eigenvalue weighted by Crippen LogP contribution is -2.49. The number of allylic oxidation sites excluding steroid dienone is 1. The lowest BCUT2D eigenvalue weighted by Gasteiger charge is -2.34. The highest BCUT2D eigenvalue weighted by Crippen LogP contribution is 2.18. The lowest BCUT2D eigenvalue weighted by molar-refractivity contribution is 0.0286. The van der Waals surface area contributed by atoms with Gasteiger partial charge in [-0.2, -0.15) is 0 Å². The summed E-state index contributed by atoms with van der Waals surface area (Å²) in [5.74, 6) is 0. The average Bonchev–Trinajstić information content (AvgIpc) is 2.24. The molecule has 88 valence electrons. The van der Waals surface area contributed by atoms with E-state index in [0.717, 1.165) is 26.2 Å². The minimum absolute atomic E-state index is 0.233. The summed E-state index contributed by atoms with van der Waals surface area (Å²) in [6.45, 7) is 8.94. The van der Waals surface area contributed by atoms with Crippen LogP contribution in [0.15, 0.2) is 12.7 Å². The van der Waals surface area contributed by atoms with E-state index in [2.05, 4.69) is 18.8 Å². The largest absolute Gasteiger partial charge is 0.380 e. The summed E-state index contributed by atoms with van der Waals surface area (Å²) >= 11 is 0. The van der Waals surface area contributed by atoms with E-state index < -0.39 is 0 Å². The first-order valence-electron chi connectivity index (χ1n) is 6.20. The van der Waals surface area contributed by atoms with Gasteiger partial charge in [0.15, 0.2) is 0 Å². The monoisotopic (exact) mass is 211 g/mol. The van der Waals surface area contributed by atoms with Crippen LogP contribution in [0.4, 0.5) is 0 Å². The van der Waals surface area contributed by atoms with Gasteiger partial charge in [0.2, 0.25) is 0 Å². The van der Waals surface area contributed by atoms with Crippen molar-refractivity contribution in [1.82, 2.24) is 5.32 Å². The Balaban J connectivity index is 2.00. The number of hydrogen-bond acceptors (Lipinski definition) is 2. The van der Waals surface area contributed by atoms with Crippen LogP contribution in [0.25, 0.3) is 0 Å². The van der Waals surface area contributed by atoms with Gasteiger partial charge in [-0.1, -0.05) is 12.5 Å². The minimum Gasteiger partial charge on any atom is -0.380 e. The van der Waals surface area contributed by atoms with Crippen molar-refractivity contribution < 1.29 is 4.74 Å². The Kier molecular flexibility index (Phi) is 5.96. The van der Waals surface area contributed by atoms with Crippen LogP contribution in [0, 0.1) is 0 Å². The molecule has 0 aliphatic carbocycles. The van der Waals surface area contributed by atoms with Gasteiger partial charge in [0.05, 0.1) is 6.61 Å². The highest BCUT2D eigenvalue weighted by Gasteiger charge is 2.26. The van der Waals surface area contributed by atoms with Crippen molar-refractivity contribution in [1.29, 1.82) is 0 Å². The van der Waals surface area contributed by atoms with Crippen molar-refractivity contribution in [3.8, 4) is 0 Å². The Morgan fingerprint density at radius 2 is 2.27 bits per heavy atom. The molecule has 1 atom stereocenters. The van der Waals surface area contributed by atoms with E-state index in [1.807, 2.05) is 6.08 Å². The van der Waals surface area contributed by atoms with Crippen LogP contribution in [0.1, 0.15) is 45.4 Å². The lowest BCUT2D eigenvalue weighted by atomic mass is 9.95. The molecule has 1 aliphatic heterocycles. The van der Waals surface area contributed by atoms with Gasteiger partial charge in [0.25, 0.3) is 0 Å². The normalized spacial score (nSPS) is 26.5. The molecular formula is C13H25NO. The second-order valence-electron chi connectivity index (χ2n) is 4.78. The van der Waals surface area contributed by atoms with Gasteiger partial charge in [-0.05, 0) is 45.6 Å². The van der Waals surface area contributed by atoms with E-state index in [9.17, 15) is 0 Å². The Bertz CT molecular complexity index is 173. The number of hydrogen-bond donors (Lipinski definition) is 1. The molecule has 0 bridgehead atoms. The summed E-state index contributed by atoms with van der Waals surface area (Å²) in [7, 11) is 0. The van der Waals surface area contributed by atoms with Gasteiger partial charge in [0.1, 0.15) is 0 Å². The molecule has 2 heteroatoms. The summed E-state index contributed by atoms with van der Waals surface area (Å²) in [4.78, 5) is 0. The third-order valence-corrected chi connectivity index (χ3v) is 3.07. The van der Waals surface area contributed by atoms with Crippen molar-refractivity contribution in [2.75, 3.05) is 19.8 Å². The molecule has 1 fully saturated rings. The molecule has 1 heterocycles. The topological polar surface area (TPSA) is 21.3 Å². The Morgan fingerprint density at radius 1 is 1.40 bits per heavy atom. The fraction of sp³-hybridized carbons (Fsp3) is 0.846. The predicted molar refractivity (Wildman–Crippen MR) is 65.1 cm³/mol. The van der Waals surface area contributed by atoms with Crippen molar-refractivity contribution in [3.63, 3.8) is 0 Å². The summed E-state index contributed by atoms with van der Waals surface area (Å²) in [5.41, 5.74) is 0.233. The van der Waals surface area contributed by atoms with Crippen molar-refractivity contribution in [2.24, 2.45) is 0 Å². The first-order valence-corrected chi connectivity index (χ1v) is 6.20. The molecule has 0 aromatic heterocycles. The summed E-state index contributed by atoms with van der Waals surface area (Å²) < 4.78 is 5.50. The molecule has 0 amide bonds. The van der Waals surface area contributed by atoms with Crippen LogP contribution in [0.5, 0.6) is 0 Å². The smallest absolute Gasteiger partial charge is 0.0645 e. The molecule has 0 radical (unpaired) electrons. The van der Waals surface area contributed by atoms with Crippen LogP contribution in [-0.2, 0) is 4.74 Å². The van der Waals surface area contributed by atoms with Crippen molar-refractivity contribution in [2.45, 2.75) is 51.0 Å². The van der Waals surface area contributed by atoms with Gasteiger partial charge < -0.3 is 10.1 Å². The van der Waals surface area contributed by atoms with Gasteiger partial charge in [-0.3, -0.25) is 0 Å². The number of rotatable bonds is 7. The maximum atomic E-state index is 5.50. The van der Waals surface area contributed by atoms with Crippen LogP contribution in [0.2, 0.25) is 0 Å². The van der Waals surface area contributed by atoms with Crippen LogP contribution in [-0.4, -0.2) is 25.3 Å². The molecule has 1 aliphatic rings. The van der Waals surface area contributed by atoms with E-state index in [-0.39, 0.29) is 5.54 Å². The van der Waals surface area contributed by atoms with E-state index in [1.165, 1.54) is 32.1 Å². The predicted octanol–water partition coefficient (Wildman–Crippen LogP) is 2.89. The molecule has 1 N–H and O–H groups in total. The molecule has 0 spiro atoms. The Labute approximate surface area is 94.1 Å². The second kappa shape index (κ2) is 7.02. The first kappa shape index (κ1) is 12.7. The maximum Gasteiger partial charge on any atom is 0.0645 e. The van der Waals surface area contributed by atoms with E-state index >= 15 is 0 Å². The zero-order valence-electron chi connectivity index (χ0n) is 10.1. The van der Waals surface area contributed by atoms with Gasteiger partial charge >= 0.3 is 0 Å². The standard InChI is InChI=1S/C13H25NO/c1-3-4-5-6-7-10-14-13(2)9-8-11-15-12-13/h3,14H,1,4-12H2,2H3. The zero-order chi connectivity index (χ0) is 11.0. The second-order valence-corrected chi connectivity index (χ2v) is 4.78. The first-order chi connectivity index (χ1) is 7.27. The number of nitrogens with one attached hydrogen (secondary N) is 1. The third kappa shape index (κ3) is 5.33. The maximum absolute atomic E-state index is 5.50. The van der Waals surface area contributed by atoms with Gasteiger partial charge in [0, 0.05) is 12.1 Å². The van der Waals surface area contributed by atoms with Gasteiger partial charge in [-0.25, -0.2) is 0 Å². The quantitative estimate of drug-likeness (QED) is 0.516. The fourth-order valence-corrected chi connectivity index (χ4v) is 2.05. The zero-order valence-corrected chi connectivity index (χ0v) is 10.1. The fourth-order valence-electron chi connectivity index (χ4n) is 2.05. The van der Waals surface area contributed by atoms with E-state index in [1.54, 1.807) is 0 Å². The SMILES string of the molecule is C=CCCCCCNC1(C)CCCOC1. The Morgan fingerprint density at radius 3 is 2.93 bits per heavy atom. The molecule has 1 rings (SSSR count). The molecule has 2 nitrogen and oxygen atoms in total. The molecule has 0 saturated carbocycles. The molecule has 1 saturated heterocycles. The molecule has 1 unspecified atom stereocenters. The summed E-state index contributed by atoms with van der Waals surface area (Å²) in [5, 5.41) is 3.62. The molecule has 0 aromatic carbocycles. The van der Waals surface area contributed by atoms with Crippen LogP contribution in [0.3, 0.4) is 0 Å². The minimum atomic E-state index is 0.233. The highest BCUT2D eigenvalue weighted by molar-refractivity contribution is 4.85. The van der Waals surface area contributed by atoms with E-state index in [4.69, 9.17) is 4.74 Å². The number of ether oxygens (including phenoxy) is 1. The van der Waals surface area contributed by atoms with Crippen molar-refractivity contribution in [3.05, 3.63) is 12.7 Å². The van der Waals surface area contributed by atoms with Crippen LogP contribution < -0.4 is 5.32 Å². The van der Waals surface area contributed by atoms with Crippen LogP contribution >= 0.6 is 0 Å². The molecule has 0 aromatic rings. The summed E-state index contributed by atoms with van der Waals surface area (Å²) in [6.07, 6.45) is 9.45. The molecular weight excluding hydrogens is 186 g/mol. The summed E-state index contributed by atoms with van der Waals surface area (Å²) in [6, 6.07) is 0. The molecule has 15 heavy (non-hydrogen) atoms. The van der Waals surface area contributed by atoms with Gasteiger partial charge in [-0.15, -0.1) is 6.58 Å². The van der Waals surface area contributed by atoms with Crippen molar-refractivity contribution >= 4 is 0 Å². The Hall–Kier alpha value is -0.340. The highest BCUT2D eigenvalue weighted by atomic mass is 16.5. The third-order valence-electron chi connectivity index (χ3n) is 3.07. The number of unbranched alkanes of at least 4 members (excludes halogenated alkanes) is 3.